The first kappa shape index (κ1) is 15.6. The summed E-state index contributed by atoms with van der Waals surface area (Å²) in [7, 11) is -3.84. The van der Waals surface area contributed by atoms with Crippen molar-refractivity contribution in [2.24, 2.45) is 0 Å². The van der Waals surface area contributed by atoms with Crippen molar-refractivity contribution in [2.75, 3.05) is 6.54 Å². The van der Waals surface area contributed by atoms with Crippen LogP contribution in [-0.2, 0) is 14.8 Å². The van der Waals surface area contributed by atoms with E-state index in [4.69, 9.17) is 5.11 Å². The zero-order chi connectivity index (χ0) is 14.8. The van der Waals surface area contributed by atoms with E-state index in [1.54, 1.807) is 13.0 Å². The van der Waals surface area contributed by atoms with Crippen LogP contribution >= 0.6 is 0 Å². The van der Waals surface area contributed by atoms with Crippen molar-refractivity contribution in [3.8, 4) is 0 Å². The molecule has 1 atom stereocenters. The van der Waals surface area contributed by atoms with Crippen LogP contribution in [0.5, 0.6) is 0 Å². The highest BCUT2D eigenvalue weighted by Gasteiger charge is 2.31. The van der Waals surface area contributed by atoms with E-state index in [1.165, 1.54) is 12.1 Å². The van der Waals surface area contributed by atoms with Gasteiger partial charge in [0.15, 0.2) is 5.60 Å². The largest absolute Gasteiger partial charge is 0.479 e. The van der Waals surface area contributed by atoms with E-state index in [2.05, 4.69) is 4.72 Å². The van der Waals surface area contributed by atoms with E-state index in [9.17, 15) is 18.3 Å². The summed E-state index contributed by atoms with van der Waals surface area (Å²) in [4.78, 5) is 10.7. The fraction of sp³-hybridized carbons (Fsp3) is 0.417. The van der Waals surface area contributed by atoms with Crippen LogP contribution in [0.25, 0.3) is 0 Å². The van der Waals surface area contributed by atoms with Gasteiger partial charge >= 0.3 is 5.97 Å². The number of carboxylic acids is 1. The summed E-state index contributed by atoms with van der Waals surface area (Å²) in [5, 5.41) is 18.2. The number of nitrogens with one attached hydrogen (secondary N) is 1. The molecule has 7 heteroatoms. The molecule has 3 N–H and O–H groups in total. The van der Waals surface area contributed by atoms with Crippen LogP contribution in [0.15, 0.2) is 23.1 Å². The molecule has 0 aliphatic heterocycles. The number of carbonyl (C=O) groups is 1. The SMILES string of the molecule is Cc1ccc(S(=O)(=O)NCC(C)(O)C(=O)O)cc1C. The minimum absolute atomic E-state index is 0.0387. The average molecular weight is 287 g/mol. The normalized spacial score (nSPS) is 14.9. The van der Waals surface area contributed by atoms with Gasteiger partial charge in [-0.2, -0.15) is 0 Å². The van der Waals surface area contributed by atoms with Crippen LogP contribution in [0, 0.1) is 13.8 Å². The molecule has 0 aliphatic rings. The first-order valence-electron chi connectivity index (χ1n) is 5.59. The summed E-state index contributed by atoms with van der Waals surface area (Å²) in [6.45, 7) is 4.06. The van der Waals surface area contributed by atoms with Crippen LogP contribution in [0.3, 0.4) is 0 Å². The Hall–Kier alpha value is -1.44. The predicted octanol–water partition coefficient (Wildman–Crippen LogP) is 0.417. The average Bonchev–Trinajstić information content (AvgIpc) is 2.30. The van der Waals surface area contributed by atoms with Crippen molar-refractivity contribution in [2.45, 2.75) is 31.3 Å². The van der Waals surface area contributed by atoms with Crippen molar-refractivity contribution in [3.63, 3.8) is 0 Å². The molecule has 0 aliphatic carbocycles. The second-order valence-corrected chi connectivity index (χ2v) is 6.42. The molecule has 0 saturated heterocycles. The zero-order valence-electron chi connectivity index (χ0n) is 11.0. The van der Waals surface area contributed by atoms with Crippen molar-refractivity contribution in [3.05, 3.63) is 29.3 Å². The van der Waals surface area contributed by atoms with Gasteiger partial charge in [-0.1, -0.05) is 6.07 Å². The lowest BCUT2D eigenvalue weighted by molar-refractivity contribution is -0.155. The molecule has 0 heterocycles. The van der Waals surface area contributed by atoms with Gasteiger partial charge in [-0.25, -0.2) is 17.9 Å². The molecule has 0 amide bonds. The van der Waals surface area contributed by atoms with Gasteiger partial charge in [0.25, 0.3) is 0 Å². The quantitative estimate of drug-likeness (QED) is 0.728. The Morgan fingerprint density at radius 3 is 2.37 bits per heavy atom. The molecular formula is C12H17NO5S. The van der Waals surface area contributed by atoms with Gasteiger partial charge in [-0.05, 0) is 44.0 Å². The highest BCUT2D eigenvalue weighted by atomic mass is 32.2. The van der Waals surface area contributed by atoms with Gasteiger partial charge in [-0.3, -0.25) is 0 Å². The van der Waals surface area contributed by atoms with Gasteiger partial charge in [0.2, 0.25) is 10.0 Å². The van der Waals surface area contributed by atoms with Gasteiger partial charge in [0.1, 0.15) is 0 Å². The Bertz CT molecular complexity index is 592. The number of benzene rings is 1. The second kappa shape index (κ2) is 5.28. The van der Waals surface area contributed by atoms with E-state index in [0.717, 1.165) is 18.1 Å². The van der Waals surface area contributed by atoms with E-state index in [1.807, 2.05) is 6.92 Å². The minimum Gasteiger partial charge on any atom is -0.479 e. The highest BCUT2D eigenvalue weighted by Crippen LogP contribution is 2.15. The summed E-state index contributed by atoms with van der Waals surface area (Å²) in [5.41, 5.74) is -0.378. The van der Waals surface area contributed by atoms with Crippen LogP contribution in [-0.4, -0.2) is 36.7 Å². The fourth-order valence-corrected chi connectivity index (χ4v) is 2.49. The van der Waals surface area contributed by atoms with Crippen molar-refractivity contribution >= 4 is 16.0 Å². The summed E-state index contributed by atoms with van der Waals surface area (Å²) in [6, 6.07) is 4.59. The molecule has 0 saturated carbocycles. The lowest BCUT2D eigenvalue weighted by atomic mass is 10.1. The van der Waals surface area contributed by atoms with E-state index < -0.39 is 28.1 Å². The molecule has 19 heavy (non-hydrogen) atoms. The van der Waals surface area contributed by atoms with Crippen LogP contribution in [0.4, 0.5) is 0 Å². The van der Waals surface area contributed by atoms with E-state index >= 15 is 0 Å². The first-order valence-corrected chi connectivity index (χ1v) is 7.07. The maximum Gasteiger partial charge on any atom is 0.336 e. The van der Waals surface area contributed by atoms with Crippen LogP contribution in [0.2, 0.25) is 0 Å². The number of hydrogen-bond acceptors (Lipinski definition) is 4. The zero-order valence-corrected chi connectivity index (χ0v) is 11.8. The Morgan fingerprint density at radius 1 is 1.32 bits per heavy atom. The molecule has 0 bridgehead atoms. The summed E-state index contributed by atoms with van der Waals surface area (Å²) < 4.78 is 26.0. The van der Waals surface area contributed by atoms with E-state index in [-0.39, 0.29) is 4.90 Å². The van der Waals surface area contributed by atoms with Gasteiger partial charge in [0.05, 0.1) is 11.4 Å². The number of hydrogen-bond donors (Lipinski definition) is 3. The molecule has 106 valence electrons. The van der Waals surface area contributed by atoms with Gasteiger partial charge < -0.3 is 10.2 Å². The Balaban J connectivity index is 2.93. The van der Waals surface area contributed by atoms with Crippen LogP contribution in [0.1, 0.15) is 18.1 Å². The molecule has 0 aromatic heterocycles. The third kappa shape index (κ3) is 3.76. The Kier molecular flexibility index (Phi) is 4.34. The molecule has 0 radical (unpaired) electrons. The highest BCUT2D eigenvalue weighted by molar-refractivity contribution is 7.89. The topological polar surface area (TPSA) is 104 Å². The molecule has 1 rings (SSSR count). The Morgan fingerprint density at radius 2 is 1.89 bits per heavy atom. The molecule has 1 aromatic rings. The summed E-state index contributed by atoms with van der Waals surface area (Å²) >= 11 is 0. The third-order valence-electron chi connectivity index (χ3n) is 2.86. The summed E-state index contributed by atoms with van der Waals surface area (Å²) in [6.07, 6.45) is 0. The number of sulfonamides is 1. The van der Waals surface area contributed by atoms with Crippen LogP contribution < -0.4 is 4.72 Å². The maximum atomic E-state index is 11.9. The molecule has 0 fully saturated rings. The second-order valence-electron chi connectivity index (χ2n) is 4.65. The molecule has 6 nitrogen and oxygen atoms in total. The number of aliphatic carboxylic acids is 1. The predicted molar refractivity (Wildman–Crippen MR) is 69.4 cm³/mol. The number of rotatable bonds is 5. The molecular weight excluding hydrogens is 270 g/mol. The van der Waals surface area contributed by atoms with E-state index in [0.29, 0.717) is 0 Å². The number of aryl methyl sites for hydroxylation is 2. The number of aliphatic hydroxyl groups is 1. The smallest absolute Gasteiger partial charge is 0.336 e. The fourth-order valence-electron chi connectivity index (χ4n) is 1.28. The number of carboxylic acid groups (broad SMARTS) is 1. The molecule has 1 aromatic carbocycles. The minimum atomic E-state index is -3.84. The third-order valence-corrected chi connectivity index (χ3v) is 4.25. The monoisotopic (exact) mass is 287 g/mol. The lowest BCUT2D eigenvalue weighted by Crippen LogP contribution is -2.46. The maximum absolute atomic E-state index is 11.9. The van der Waals surface area contributed by atoms with Crippen molar-refractivity contribution in [1.82, 2.24) is 4.72 Å². The van der Waals surface area contributed by atoms with Crippen molar-refractivity contribution in [1.29, 1.82) is 0 Å². The van der Waals surface area contributed by atoms with Crippen molar-refractivity contribution < 1.29 is 23.4 Å². The Labute approximate surface area is 112 Å². The van der Waals surface area contributed by atoms with Gasteiger partial charge in [-0.15, -0.1) is 0 Å². The lowest BCUT2D eigenvalue weighted by Gasteiger charge is -2.18. The molecule has 1 unspecified atom stereocenters. The molecule has 0 spiro atoms. The summed E-state index contributed by atoms with van der Waals surface area (Å²) in [5.74, 6) is -1.49. The standard InChI is InChI=1S/C12H17NO5S/c1-8-4-5-10(6-9(8)2)19(17,18)13-7-12(3,16)11(14)15/h4-6,13,16H,7H2,1-3H3,(H,14,15). The van der Waals surface area contributed by atoms with Gasteiger partial charge in [0, 0.05) is 0 Å². The first-order chi connectivity index (χ1) is 8.56.